The molecule has 156 valence electrons. The number of rotatable bonds is 5. The van der Waals surface area contributed by atoms with Gasteiger partial charge in [-0.2, -0.15) is 13.2 Å². The normalized spacial score (nSPS) is 12.1. The van der Waals surface area contributed by atoms with Crippen LogP contribution in [0.2, 0.25) is 0 Å². The molecule has 2 aromatic carbocycles. The van der Waals surface area contributed by atoms with Crippen LogP contribution in [-0.2, 0) is 6.18 Å². The van der Waals surface area contributed by atoms with Crippen LogP contribution in [0.1, 0.15) is 46.3 Å². The molecule has 8 heteroatoms. The average molecular weight is 496 g/mol. The van der Waals surface area contributed by atoms with Gasteiger partial charge in [-0.3, -0.25) is 4.79 Å². The van der Waals surface area contributed by atoms with E-state index in [1.165, 1.54) is 24.3 Å². The molecule has 1 N–H and O–H groups in total. The van der Waals surface area contributed by atoms with Crippen molar-refractivity contribution in [2.75, 3.05) is 0 Å². The average Bonchev–Trinajstić information content (AvgIpc) is 3.14. The molecular weight excluding hydrogens is 479 g/mol. The lowest BCUT2D eigenvalue weighted by Crippen LogP contribution is -2.03. The topological polar surface area (TPSA) is 50.2 Å². The Bertz CT molecular complexity index is 1100. The Morgan fingerprint density at radius 3 is 2.40 bits per heavy atom. The molecule has 0 spiro atoms. The van der Waals surface area contributed by atoms with Gasteiger partial charge in [-0.1, -0.05) is 38.1 Å². The van der Waals surface area contributed by atoms with E-state index in [1.807, 2.05) is 13.8 Å². The molecule has 3 nitrogen and oxygen atoms in total. The monoisotopic (exact) mass is 495 g/mol. The first-order valence-corrected chi connectivity index (χ1v) is 10.6. The summed E-state index contributed by atoms with van der Waals surface area (Å²) in [6, 6.07) is 9.62. The molecule has 0 aliphatic heterocycles. The number of aromatic hydroxyl groups is 1. The van der Waals surface area contributed by atoms with E-state index in [0.29, 0.717) is 25.6 Å². The highest BCUT2D eigenvalue weighted by molar-refractivity contribution is 9.10. The highest BCUT2D eigenvalue weighted by Crippen LogP contribution is 2.35. The highest BCUT2D eigenvalue weighted by Gasteiger charge is 2.30. The van der Waals surface area contributed by atoms with Crippen molar-refractivity contribution in [2.24, 2.45) is 0 Å². The van der Waals surface area contributed by atoms with E-state index in [-0.39, 0.29) is 17.5 Å². The van der Waals surface area contributed by atoms with Gasteiger partial charge in [0.05, 0.1) is 20.6 Å². The largest absolute Gasteiger partial charge is 0.507 e. The van der Waals surface area contributed by atoms with Gasteiger partial charge in [0, 0.05) is 5.56 Å². The third-order valence-corrected chi connectivity index (χ3v) is 6.05. The smallest absolute Gasteiger partial charge is 0.416 e. The molecule has 0 saturated carbocycles. The molecule has 0 amide bonds. The third kappa shape index (κ3) is 4.99. The van der Waals surface area contributed by atoms with Crippen molar-refractivity contribution in [3.63, 3.8) is 0 Å². The van der Waals surface area contributed by atoms with Gasteiger partial charge in [0.1, 0.15) is 10.8 Å². The van der Waals surface area contributed by atoms with Gasteiger partial charge in [-0.15, -0.1) is 11.3 Å². The number of hydrogen-bond donors (Lipinski definition) is 1. The van der Waals surface area contributed by atoms with Crippen LogP contribution in [0.25, 0.3) is 16.6 Å². The minimum absolute atomic E-state index is 0.0281. The SMILES string of the molecule is CC(C)c1nc(-c2ccc(C(F)(F)F)cc2)sc1C(=O)/C=C/c1ccc(O)c(Br)c1. The van der Waals surface area contributed by atoms with Gasteiger partial charge >= 0.3 is 6.18 Å². The summed E-state index contributed by atoms with van der Waals surface area (Å²) in [4.78, 5) is 17.8. The van der Waals surface area contributed by atoms with Crippen molar-refractivity contribution < 1.29 is 23.1 Å². The number of benzene rings is 2. The van der Waals surface area contributed by atoms with Gasteiger partial charge in [0.15, 0.2) is 5.78 Å². The zero-order valence-electron chi connectivity index (χ0n) is 16.0. The van der Waals surface area contributed by atoms with E-state index in [9.17, 15) is 23.1 Å². The fraction of sp³-hybridized carbons (Fsp3) is 0.182. The first-order chi connectivity index (χ1) is 14.1. The summed E-state index contributed by atoms with van der Waals surface area (Å²) in [5, 5.41) is 10.1. The zero-order chi connectivity index (χ0) is 22.1. The molecule has 0 aliphatic carbocycles. The molecule has 30 heavy (non-hydrogen) atoms. The number of hydrogen-bond acceptors (Lipinski definition) is 4. The molecule has 3 rings (SSSR count). The molecule has 0 fully saturated rings. The number of ketones is 1. The van der Waals surface area contributed by atoms with Crippen molar-refractivity contribution in [3.8, 4) is 16.3 Å². The molecule has 0 aliphatic rings. The number of phenolic OH excluding ortho intramolecular Hbond substituents is 1. The maximum atomic E-state index is 12.8. The Labute approximate surface area is 184 Å². The summed E-state index contributed by atoms with van der Waals surface area (Å²) in [5.74, 6) is -0.164. The lowest BCUT2D eigenvalue weighted by molar-refractivity contribution is -0.137. The second-order valence-electron chi connectivity index (χ2n) is 6.87. The minimum atomic E-state index is -4.40. The second kappa shape index (κ2) is 8.73. The minimum Gasteiger partial charge on any atom is -0.507 e. The summed E-state index contributed by atoms with van der Waals surface area (Å²) in [6.45, 7) is 3.81. The summed E-state index contributed by atoms with van der Waals surface area (Å²) < 4.78 is 38.9. The first-order valence-electron chi connectivity index (χ1n) is 8.95. The number of alkyl halides is 3. The van der Waals surface area contributed by atoms with Crippen molar-refractivity contribution in [3.05, 3.63) is 74.7 Å². The zero-order valence-corrected chi connectivity index (χ0v) is 18.4. The van der Waals surface area contributed by atoms with Crippen molar-refractivity contribution in [1.82, 2.24) is 4.98 Å². The lowest BCUT2D eigenvalue weighted by Gasteiger charge is -2.06. The lowest BCUT2D eigenvalue weighted by atomic mass is 10.1. The molecular formula is C22H17BrF3NO2S. The predicted molar refractivity (Wildman–Crippen MR) is 116 cm³/mol. The van der Waals surface area contributed by atoms with Crippen LogP contribution in [0.4, 0.5) is 13.2 Å². The number of nitrogens with zero attached hydrogens (tertiary/aromatic N) is 1. The van der Waals surface area contributed by atoms with Crippen LogP contribution in [0, 0.1) is 0 Å². The molecule has 0 bridgehead atoms. The Kier molecular flexibility index (Phi) is 6.47. The maximum Gasteiger partial charge on any atom is 0.416 e. The fourth-order valence-electron chi connectivity index (χ4n) is 2.70. The van der Waals surface area contributed by atoms with Crippen molar-refractivity contribution in [2.45, 2.75) is 25.9 Å². The van der Waals surface area contributed by atoms with E-state index in [0.717, 1.165) is 29.0 Å². The van der Waals surface area contributed by atoms with Crippen LogP contribution in [0.15, 0.2) is 53.0 Å². The van der Waals surface area contributed by atoms with Gasteiger partial charge in [-0.25, -0.2) is 4.98 Å². The van der Waals surface area contributed by atoms with Crippen molar-refractivity contribution in [1.29, 1.82) is 0 Å². The Morgan fingerprint density at radius 1 is 1.17 bits per heavy atom. The molecule has 0 atom stereocenters. The summed E-state index contributed by atoms with van der Waals surface area (Å²) in [5.41, 5.74) is 1.13. The van der Waals surface area contributed by atoms with E-state index < -0.39 is 11.7 Å². The molecule has 1 aromatic heterocycles. The number of carbonyl (C=O) groups is 1. The quantitative estimate of drug-likeness (QED) is 0.298. The number of phenols is 1. The van der Waals surface area contributed by atoms with Crippen LogP contribution >= 0.6 is 27.3 Å². The Hall–Kier alpha value is -2.45. The highest BCUT2D eigenvalue weighted by atomic mass is 79.9. The van der Waals surface area contributed by atoms with Crippen LogP contribution in [-0.4, -0.2) is 15.9 Å². The maximum absolute atomic E-state index is 12.8. The Morgan fingerprint density at radius 2 is 1.83 bits per heavy atom. The second-order valence-corrected chi connectivity index (χ2v) is 8.73. The van der Waals surface area contributed by atoms with Gasteiger partial charge in [-0.05, 0) is 57.8 Å². The fourth-order valence-corrected chi connectivity index (χ4v) is 4.24. The van der Waals surface area contributed by atoms with Gasteiger partial charge in [0.25, 0.3) is 0 Å². The van der Waals surface area contributed by atoms with E-state index >= 15 is 0 Å². The van der Waals surface area contributed by atoms with Crippen LogP contribution < -0.4 is 0 Å². The summed E-state index contributed by atoms with van der Waals surface area (Å²) >= 11 is 4.39. The number of aromatic nitrogens is 1. The Balaban J connectivity index is 1.91. The van der Waals surface area contributed by atoms with Gasteiger partial charge in [0.2, 0.25) is 0 Å². The molecule has 0 radical (unpaired) electrons. The standard InChI is InChI=1S/C22H17BrF3NO2S/c1-12(2)19-20(18(29)10-4-13-3-9-17(28)16(23)11-13)30-21(27-19)14-5-7-15(8-6-14)22(24,25)26/h3-12,28H,1-2H3/b10-4+. The first kappa shape index (κ1) is 22.2. The summed E-state index contributed by atoms with van der Waals surface area (Å²) in [6.07, 6.45) is -1.34. The van der Waals surface area contributed by atoms with Gasteiger partial charge < -0.3 is 5.11 Å². The number of allylic oxidation sites excluding steroid dienone is 1. The van der Waals surface area contributed by atoms with E-state index in [4.69, 9.17) is 0 Å². The number of halogens is 4. The molecule has 0 saturated heterocycles. The van der Waals surface area contributed by atoms with E-state index in [2.05, 4.69) is 20.9 Å². The number of carbonyl (C=O) groups excluding carboxylic acids is 1. The molecule has 0 unspecified atom stereocenters. The van der Waals surface area contributed by atoms with Crippen LogP contribution in [0.5, 0.6) is 5.75 Å². The van der Waals surface area contributed by atoms with Crippen molar-refractivity contribution >= 4 is 39.1 Å². The van der Waals surface area contributed by atoms with Crippen LogP contribution in [0.3, 0.4) is 0 Å². The molecule has 3 aromatic rings. The van der Waals surface area contributed by atoms with E-state index in [1.54, 1.807) is 18.2 Å². The third-order valence-electron chi connectivity index (χ3n) is 4.28. The molecule has 1 heterocycles. The number of thiazole rings is 1. The summed E-state index contributed by atoms with van der Waals surface area (Å²) in [7, 11) is 0. The predicted octanol–water partition coefficient (Wildman–Crippen LogP) is 7.32.